The molecule has 0 heterocycles. The Labute approximate surface area is 137 Å². The number of benzene rings is 2. The fraction of sp³-hybridized carbons (Fsp3) is 0.118. The second kappa shape index (κ2) is 7.66. The van der Waals surface area contributed by atoms with E-state index in [1.54, 1.807) is 24.3 Å². The topological polar surface area (TPSA) is 55.8 Å². The lowest BCUT2D eigenvalue weighted by molar-refractivity contribution is -0.130. The molecule has 0 saturated carbocycles. The second-order valence-corrected chi connectivity index (χ2v) is 5.01. The van der Waals surface area contributed by atoms with Crippen LogP contribution in [0.4, 0.5) is 0 Å². The quantitative estimate of drug-likeness (QED) is 0.468. The fourth-order valence-electron chi connectivity index (χ4n) is 1.94. The van der Waals surface area contributed by atoms with Gasteiger partial charge < -0.3 is 14.6 Å². The molecule has 5 heteroatoms. The maximum atomic E-state index is 11.4. The van der Waals surface area contributed by atoms with E-state index in [1.807, 2.05) is 24.3 Å². The van der Waals surface area contributed by atoms with Gasteiger partial charge in [0.25, 0.3) is 0 Å². The second-order valence-electron chi connectivity index (χ2n) is 4.45. The van der Waals surface area contributed by atoms with Crippen LogP contribution in [-0.2, 0) is 14.9 Å². The molecule has 0 unspecified atom stereocenters. The maximum Gasteiger partial charge on any atom is 0.339 e. The van der Waals surface area contributed by atoms with Gasteiger partial charge in [0.2, 0.25) is 0 Å². The van der Waals surface area contributed by atoms with Crippen LogP contribution in [0.25, 0.3) is 5.57 Å². The molecule has 0 aromatic heterocycles. The molecule has 2 aromatic rings. The summed E-state index contributed by atoms with van der Waals surface area (Å²) in [5, 5.41) is 10.0. The lowest BCUT2D eigenvalue weighted by Crippen LogP contribution is -2.02. The summed E-state index contributed by atoms with van der Waals surface area (Å²) in [4.78, 5) is 11.4. The van der Waals surface area contributed by atoms with Crippen LogP contribution in [0.2, 0.25) is 0 Å². The van der Waals surface area contributed by atoms with Gasteiger partial charge in [-0.3, -0.25) is 0 Å². The predicted molar refractivity (Wildman–Crippen MR) is 88.2 cm³/mol. The summed E-state index contributed by atoms with van der Waals surface area (Å²) in [6, 6.07) is 14.5. The van der Waals surface area contributed by atoms with Crippen LogP contribution in [0.3, 0.4) is 0 Å². The van der Waals surface area contributed by atoms with Crippen molar-refractivity contribution in [1.82, 2.24) is 0 Å². The van der Waals surface area contributed by atoms with Crippen molar-refractivity contribution in [2.24, 2.45) is 0 Å². The molecule has 114 valence electrons. The minimum atomic E-state index is -1.08. The minimum absolute atomic E-state index is 0.0368. The van der Waals surface area contributed by atoms with Crippen molar-refractivity contribution in [3.63, 3.8) is 0 Å². The molecule has 0 aliphatic heterocycles. The van der Waals surface area contributed by atoms with Gasteiger partial charge in [0.15, 0.2) is 0 Å². The molecule has 22 heavy (non-hydrogen) atoms. The third-order valence-corrected chi connectivity index (χ3v) is 3.57. The van der Waals surface area contributed by atoms with Gasteiger partial charge in [0.1, 0.15) is 17.1 Å². The fourth-order valence-corrected chi connectivity index (χ4v) is 2.29. The Hall–Kier alpha value is -2.27. The van der Waals surface area contributed by atoms with Crippen molar-refractivity contribution in [3.8, 4) is 11.5 Å². The Morgan fingerprint density at radius 1 is 1.23 bits per heavy atom. The van der Waals surface area contributed by atoms with Gasteiger partial charge in [-0.05, 0) is 23.8 Å². The molecule has 2 rings (SSSR count). The summed E-state index contributed by atoms with van der Waals surface area (Å²) < 4.78 is 10.7. The Kier molecular flexibility index (Phi) is 5.61. The molecule has 0 radical (unpaired) electrons. The van der Waals surface area contributed by atoms with Gasteiger partial charge in [-0.15, -0.1) is 0 Å². The van der Waals surface area contributed by atoms with E-state index in [9.17, 15) is 9.90 Å². The smallest absolute Gasteiger partial charge is 0.339 e. The maximum absolute atomic E-state index is 11.4. The van der Waals surface area contributed by atoms with E-state index in [4.69, 9.17) is 9.47 Å². The lowest BCUT2D eigenvalue weighted by Gasteiger charge is -2.12. The van der Waals surface area contributed by atoms with Crippen LogP contribution in [0, 0.1) is 0 Å². The predicted octanol–water partition coefficient (Wildman–Crippen LogP) is 4.45. The van der Waals surface area contributed by atoms with E-state index in [0.717, 1.165) is 10.9 Å². The number of hydrogen-bond donors (Lipinski definition) is 1. The largest absolute Gasteiger partial charge is 0.503 e. The normalized spacial score (nSPS) is 11.1. The third kappa shape index (κ3) is 3.89. The van der Waals surface area contributed by atoms with Gasteiger partial charge >= 0.3 is 5.97 Å². The zero-order valence-electron chi connectivity index (χ0n) is 12.0. The van der Waals surface area contributed by atoms with E-state index >= 15 is 0 Å². The van der Waals surface area contributed by atoms with Gasteiger partial charge in [-0.2, -0.15) is 0 Å². The molecule has 0 saturated heterocycles. The first-order chi connectivity index (χ1) is 10.7. The summed E-state index contributed by atoms with van der Waals surface area (Å²) in [6.45, 7) is 0. The van der Waals surface area contributed by atoms with Crippen molar-refractivity contribution in [2.45, 2.75) is 5.33 Å². The first kappa shape index (κ1) is 16.1. The summed E-state index contributed by atoms with van der Waals surface area (Å²) >= 11 is 3.40. The number of hydrogen-bond acceptors (Lipinski definition) is 3. The Bertz CT molecular complexity index is 695. The van der Waals surface area contributed by atoms with E-state index in [1.165, 1.54) is 13.4 Å². The van der Waals surface area contributed by atoms with Crippen LogP contribution in [0.1, 0.15) is 11.1 Å². The Morgan fingerprint density at radius 3 is 2.68 bits per heavy atom. The molecule has 0 fully saturated rings. The molecular formula is C17H15BrO4. The highest BCUT2D eigenvalue weighted by Crippen LogP contribution is 2.31. The highest BCUT2D eigenvalue weighted by atomic mass is 79.9. The number of para-hydroxylation sites is 1. The number of ether oxygens (including phenoxy) is 2. The summed E-state index contributed by atoms with van der Waals surface area (Å²) in [7, 11) is 1.41. The van der Waals surface area contributed by atoms with Crippen LogP contribution in [0.15, 0.2) is 54.8 Å². The molecule has 0 bridgehead atoms. The van der Waals surface area contributed by atoms with Crippen LogP contribution in [0.5, 0.6) is 11.5 Å². The zero-order valence-corrected chi connectivity index (χ0v) is 13.5. The number of carboxylic acid groups (broad SMARTS) is 1. The minimum Gasteiger partial charge on any atom is -0.503 e. The Morgan fingerprint density at radius 2 is 2.00 bits per heavy atom. The first-order valence-corrected chi connectivity index (χ1v) is 7.66. The number of carbonyl (C=O) groups is 1. The first-order valence-electron chi connectivity index (χ1n) is 6.54. The molecule has 4 nitrogen and oxygen atoms in total. The number of rotatable bonds is 6. The van der Waals surface area contributed by atoms with Gasteiger partial charge in [-0.25, -0.2) is 4.79 Å². The van der Waals surface area contributed by atoms with Crippen LogP contribution in [-0.4, -0.2) is 18.2 Å². The molecule has 0 aliphatic rings. The van der Waals surface area contributed by atoms with E-state index in [2.05, 4.69) is 15.9 Å². The number of methoxy groups -OCH3 is 1. The van der Waals surface area contributed by atoms with Gasteiger partial charge in [-0.1, -0.05) is 46.3 Å². The number of alkyl halides is 1. The molecule has 0 spiro atoms. The zero-order chi connectivity index (χ0) is 15.9. The van der Waals surface area contributed by atoms with Crippen molar-refractivity contribution < 1.29 is 19.4 Å². The summed E-state index contributed by atoms with van der Waals surface area (Å²) in [5.41, 5.74) is 1.57. The average molecular weight is 363 g/mol. The number of aliphatic carboxylic acids is 1. The summed E-state index contributed by atoms with van der Waals surface area (Å²) in [6.07, 6.45) is 1.19. The molecule has 0 atom stereocenters. The van der Waals surface area contributed by atoms with E-state index < -0.39 is 5.97 Å². The average Bonchev–Trinajstić information content (AvgIpc) is 2.53. The van der Waals surface area contributed by atoms with Gasteiger partial charge in [0.05, 0.1) is 13.4 Å². The molecule has 0 aliphatic carbocycles. The molecule has 1 N–H and O–H groups in total. The standard InChI is InChI=1S/C17H15BrO4/c1-21-11-15(17(19)20)14-7-2-3-8-16(14)22-13-6-4-5-12(9-13)10-18/h2-9,11H,10H2,1H3,(H,19,20). The van der Waals surface area contributed by atoms with Gasteiger partial charge in [0, 0.05) is 10.9 Å². The number of halogens is 1. The monoisotopic (exact) mass is 362 g/mol. The van der Waals surface area contributed by atoms with Crippen molar-refractivity contribution in [3.05, 3.63) is 65.9 Å². The van der Waals surface area contributed by atoms with Crippen LogP contribution >= 0.6 is 15.9 Å². The third-order valence-electron chi connectivity index (χ3n) is 2.92. The van der Waals surface area contributed by atoms with Crippen molar-refractivity contribution >= 4 is 27.5 Å². The van der Waals surface area contributed by atoms with Crippen molar-refractivity contribution in [1.29, 1.82) is 0 Å². The summed E-state index contributed by atoms with van der Waals surface area (Å²) in [5.74, 6) is 0.0265. The molecule has 0 amide bonds. The van der Waals surface area contributed by atoms with Crippen molar-refractivity contribution in [2.75, 3.05) is 7.11 Å². The molecule has 2 aromatic carbocycles. The molecular weight excluding hydrogens is 348 g/mol. The van der Waals surface area contributed by atoms with E-state index in [0.29, 0.717) is 17.1 Å². The lowest BCUT2D eigenvalue weighted by atomic mass is 10.1. The highest BCUT2D eigenvalue weighted by molar-refractivity contribution is 9.08. The highest BCUT2D eigenvalue weighted by Gasteiger charge is 2.16. The SMILES string of the molecule is COC=C(C(=O)O)c1ccccc1Oc1cccc(CBr)c1. The van der Waals surface area contributed by atoms with Crippen LogP contribution < -0.4 is 4.74 Å². The Balaban J connectivity index is 2.39. The number of carboxylic acids is 1. The van der Waals surface area contributed by atoms with E-state index in [-0.39, 0.29) is 5.57 Å².